The second-order valence-electron chi connectivity index (χ2n) is 5.11. The lowest BCUT2D eigenvalue weighted by Crippen LogP contribution is -2.45. The summed E-state index contributed by atoms with van der Waals surface area (Å²) in [4.78, 5) is 2.25. The third-order valence-electron chi connectivity index (χ3n) is 3.23. The summed E-state index contributed by atoms with van der Waals surface area (Å²) in [7, 11) is 0. The van der Waals surface area contributed by atoms with Crippen LogP contribution < -0.4 is 5.73 Å². The molecular weight excluding hydrogens is 216 g/mol. The van der Waals surface area contributed by atoms with Crippen LogP contribution >= 0.6 is 0 Å². The van der Waals surface area contributed by atoms with Crippen LogP contribution in [0.4, 0.5) is 0 Å². The predicted octanol–water partition coefficient (Wildman–Crippen LogP) is 1.27. The van der Waals surface area contributed by atoms with Gasteiger partial charge in [0.25, 0.3) is 0 Å². The van der Waals surface area contributed by atoms with Gasteiger partial charge in [0.15, 0.2) is 0 Å². The predicted molar refractivity (Wildman–Crippen MR) is 66.8 cm³/mol. The number of phenols is 2. The molecule has 1 aliphatic heterocycles. The molecule has 2 unspecified atom stereocenters. The molecule has 0 spiro atoms. The second-order valence-corrected chi connectivity index (χ2v) is 5.11. The third-order valence-corrected chi connectivity index (χ3v) is 3.23. The molecule has 0 aliphatic carbocycles. The van der Waals surface area contributed by atoms with Gasteiger partial charge < -0.3 is 15.9 Å². The molecule has 17 heavy (non-hydrogen) atoms. The number of nitrogens with zero attached hydrogens (tertiary/aromatic N) is 1. The molecule has 0 radical (unpaired) electrons. The van der Waals surface area contributed by atoms with E-state index in [0.29, 0.717) is 12.5 Å². The van der Waals surface area contributed by atoms with E-state index in [9.17, 15) is 10.2 Å². The lowest BCUT2D eigenvalue weighted by Gasteiger charge is -2.34. The van der Waals surface area contributed by atoms with Gasteiger partial charge in [0, 0.05) is 37.3 Å². The third kappa shape index (κ3) is 3.11. The first-order chi connectivity index (χ1) is 8.04. The molecule has 4 nitrogen and oxygen atoms in total. The van der Waals surface area contributed by atoms with Crippen LogP contribution in [0.3, 0.4) is 0 Å². The number of piperidine rings is 1. The molecule has 2 atom stereocenters. The lowest BCUT2D eigenvalue weighted by atomic mass is 9.96. The zero-order chi connectivity index (χ0) is 12.4. The van der Waals surface area contributed by atoms with Gasteiger partial charge in [0.2, 0.25) is 0 Å². The van der Waals surface area contributed by atoms with E-state index in [0.717, 1.165) is 25.1 Å². The summed E-state index contributed by atoms with van der Waals surface area (Å²) in [5.74, 6) is 0.838. The maximum atomic E-state index is 9.74. The topological polar surface area (TPSA) is 69.7 Å². The van der Waals surface area contributed by atoms with E-state index >= 15 is 0 Å². The van der Waals surface area contributed by atoms with Crippen LogP contribution in [0.15, 0.2) is 18.2 Å². The highest BCUT2D eigenvalue weighted by Crippen LogP contribution is 2.25. The van der Waals surface area contributed by atoms with E-state index in [1.807, 2.05) is 0 Å². The standard InChI is InChI=1S/C13H20N2O2/c1-9-4-11(14)8-15(6-9)7-10-2-3-12(16)5-13(10)17/h2-3,5,9,11,16-17H,4,6-8,14H2,1H3. The van der Waals surface area contributed by atoms with E-state index in [-0.39, 0.29) is 17.5 Å². The lowest BCUT2D eigenvalue weighted by molar-refractivity contribution is 0.157. The van der Waals surface area contributed by atoms with Gasteiger partial charge in [-0.2, -0.15) is 0 Å². The van der Waals surface area contributed by atoms with Crippen molar-refractivity contribution in [2.75, 3.05) is 13.1 Å². The van der Waals surface area contributed by atoms with Crippen molar-refractivity contribution in [3.05, 3.63) is 23.8 Å². The van der Waals surface area contributed by atoms with Crippen molar-refractivity contribution in [3.63, 3.8) is 0 Å². The Hall–Kier alpha value is -1.26. The SMILES string of the molecule is CC1CC(N)CN(Cc2ccc(O)cc2O)C1. The molecule has 1 aromatic rings. The number of aromatic hydroxyl groups is 2. The first kappa shape index (κ1) is 12.2. The van der Waals surface area contributed by atoms with Crippen molar-refractivity contribution in [2.24, 2.45) is 11.7 Å². The minimum Gasteiger partial charge on any atom is -0.508 e. The van der Waals surface area contributed by atoms with Gasteiger partial charge in [-0.05, 0) is 18.4 Å². The minimum absolute atomic E-state index is 0.0926. The zero-order valence-corrected chi connectivity index (χ0v) is 10.1. The van der Waals surface area contributed by atoms with E-state index in [4.69, 9.17) is 5.73 Å². The highest BCUT2D eigenvalue weighted by atomic mass is 16.3. The summed E-state index contributed by atoms with van der Waals surface area (Å²) in [6, 6.07) is 4.96. The van der Waals surface area contributed by atoms with Crippen molar-refractivity contribution in [2.45, 2.75) is 25.9 Å². The molecule has 0 aromatic heterocycles. The average molecular weight is 236 g/mol. The van der Waals surface area contributed by atoms with Crippen molar-refractivity contribution >= 4 is 0 Å². The summed E-state index contributed by atoms with van der Waals surface area (Å²) in [5.41, 5.74) is 6.82. The number of hydrogen-bond acceptors (Lipinski definition) is 4. The van der Waals surface area contributed by atoms with Gasteiger partial charge in [0.05, 0.1) is 0 Å². The van der Waals surface area contributed by atoms with Crippen molar-refractivity contribution < 1.29 is 10.2 Å². The Balaban J connectivity index is 2.04. The van der Waals surface area contributed by atoms with Crippen LogP contribution in [0, 0.1) is 5.92 Å². The molecule has 1 aliphatic rings. The second kappa shape index (κ2) is 4.94. The molecule has 0 amide bonds. The smallest absolute Gasteiger partial charge is 0.123 e. The molecular formula is C13H20N2O2. The average Bonchev–Trinajstić information content (AvgIpc) is 2.21. The first-order valence-electron chi connectivity index (χ1n) is 6.03. The van der Waals surface area contributed by atoms with Gasteiger partial charge in [-0.3, -0.25) is 4.90 Å². The van der Waals surface area contributed by atoms with Gasteiger partial charge in [-0.15, -0.1) is 0 Å². The normalized spacial score (nSPS) is 26.0. The number of benzene rings is 1. The van der Waals surface area contributed by atoms with Crippen molar-refractivity contribution in [1.82, 2.24) is 4.90 Å². The number of likely N-dealkylation sites (tertiary alicyclic amines) is 1. The molecule has 0 bridgehead atoms. The Labute approximate surface area is 102 Å². The van der Waals surface area contributed by atoms with Crippen LogP contribution in [-0.2, 0) is 6.54 Å². The van der Waals surface area contributed by atoms with Gasteiger partial charge >= 0.3 is 0 Å². The van der Waals surface area contributed by atoms with Crippen LogP contribution in [0.25, 0.3) is 0 Å². The van der Waals surface area contributed by atoms with E-state index in [1.54, 1.807) is 12.1 Å². The van der Waals surface area contributed by atoms with Crippen LogP contribution in [0.5, 0.6) is 11.5 Å². The van der Waals surface area contributed by atoms with Crippen LogP contribution in [0.1, 0.15) is 18.9 Å². The van der Waals surface area contributed by atoms with Gasteiger partial charge in [0.1, 0.15) is 11.5 Å². The summed E-state index contributed by atoms with van der Waals surface area (Å²) in [5, 5.41) is 19.0. The fraction of sp³-hybridized carbons (Fsp3) is 0.538. The highest BCUT2D eigenvalue weighted by Gasteiger charge is 2.22. The van der Waals surface area contributed by atoms with Gasteiger partial charge in [-0.1, -0.05) is 13.0 Å². The Morgan fingerprint density at radius 1 is 1.35 bits per heavy atom. The molecule has 4 N–H and O–H groups in total. The Bertz CT molecular complexity index is 385. The molecule has 1 heterocycles. The molecule has 4 heteroatoms. The van der Waals surface area contributed by atoms with Crippen LogP contribution in [-0.4, -0.2) is 34.2 Å². The Morgan fingerprint density at radius 3 is 2.76 bits per heavy atom. The molecule has 1 aromatic carbocycles. The monoisotopic (exact) mass is 236 g/mol. The number of hydrogen-bond donors (Lipinski definition) is 3. The summed E-state index contributed by atoms with van der Waals surface area (Å²) < 4.78 is 0. The molecule has 2 rings (SSSR count). The maximum Gasteiger partial charge on any atom is 0.123 e. The maximum absolute atomic E-state index is 9.74. The van der Waals surface area contributed by atoms with Crippen molar-refractivity contribution in [1.29, 1.82) is 0 Å². The minimum atomic E-state index is 0.0926. The number of nitrogens with two attached hydrogens (primary N) is 1. The van der Waals surface area contributed by atoms with E-state index < -0.39 is 0 Å². The molecule has 94 valence electrons. The number of phenolic OH excluding ortho intramolecular Hbond substituents is 2. The molecule has 1 fully saturated rings. The fourth-order valence-electron chi connectivity index (χ4n) is 2.57. The van der Waals surface area contributed by atoms with E-state index in [1.165, 1.54) is 6.07 Å². The summed E-state index contributed by atoms with van der Waals surface area (Å²) >= 11 is 0. The fourth-order valence-corrected chi connectivity index (χ4v) is 2.57. The number of rotatable bonds is 2. The summed E-state index contributed by atoms with van der Waals surface area (Å²) in [6.45, 7) is 4.76. The largest absolute Gasteiger partial charge is 0.508 e. The summed E-state index contributed by atoms with van der Waals surface area (Å²) in [6.07, 6.45) is 1.07. The molecule has 0 saturated carbocycles. The van der Waals surface area contributed by atoms with Gasteiger partial charge in [-0.25, -0.2) is 0 Å². The van der Waals surface area contributed by atoms with E-state index in [2.05, 4.69) is 11.8 Å². The Morgan fingerprint density at radius 2 is 2.12 bits per heavy atom. The quantitative estimate of drug-likeness (QED) is 0.723. The Kier molecular flexibility index (Phi) is 3.54. The first-order valence-corrected chi connectivity index (χ1v) is 6.03. The van der Waals surface area contributed by atoms with Crippen LogP contribution in [0.2, 0.25) is 0 Å². The van der Waals surface area contributed by atoms with Crippen molar-refractivity contribution in [3.8, 4) is 11.5 Å². The zero-order valence-electron chi connectivity index (χ0n) is 10.1. The highest BCUT2D eigenvalue weighted by molar-refractivity contribution is 5.38. The molecule has 1 saturated heterocycles.